The van der Waals surface area contributed by atoms with Gasteiger partial charge in [-0.05, 0) is 13.0 Å². The highest BCUT2D eigenvalue weighted by Gasteiger charge is 2.09. The largest absolute Gasteiger partial charge is 0.338 e. The maximum Gasteiger partial charge on any atom is 0.270 e. The third kappa shape index (κ3) is 2.81. The lowest BCUT2D eigenvalue weighted by Gasteiger charge is -2.02. The van der Waals surface area contributed by atoms with E-state index in [9.17, 15) is 10.1 Å². The number of H-pyrrole nitrogens is 1. The number of hydrazone groups is 1. The Morgan fingerprint density at radius 2 is 2.04 bits per heavy atom. The van der Waals surface area contributed by atoms with Gasteiger partial charge in [0.15, 0.2) is 5.65 Å². The van der Waals surface area contributed by atoms with E-state index in [0.29, 0.717) is 22.4 Å². The summed E-state index contributed by atoms with van der Waals surface area (Å²) in [5.41, 5.74) is 6.16. The number of aromatic nitrogens is 4. The Labute approximate surface area is 146 Å². The molecule has 2 aromatic carbocycles. The van der Waals surface area contributed by atoms with Crippen molar-refractivity contribution >= 4 is 39.4 Å². The molecule has 0 fully saturated rings. The molecule has 2 aromatic heterocycles. The van der Waals surface area contributed by atoms with Crippen LogP contribution in [-0.2, 0) is 0 Å². The first-order chi connectivity index (χ1) is 12.6. The zero-order valence-corrected chi connectivity index (χ0v) is 13.7. The monoisotopic (exact) mass is 347 g/mol. The number of hydrogen-bond acceptors (Lipinski definition) is 7. The van der Waals surface area contributed by atoms with E-state index in [4.69, 9.17) is 0 Å². The van der Waals surface area contributed by atoms with Crippen LogP contribution in [0.25, 0.3) is 22.1 Å². The van der Waals surface area contributed by atoms with Crippen molar-refractivity contribution in [3.8, 4) is 0 Å². The molecule has 0 aliphatic rings. The molecule has 0 atom stereocenters. The van der Waals surface area contributed by atoms with Crippen LogP contribution in [0.5, 0.6) is 0 Å². The third-order valence-electron chi connectivity index (χ3n) is 3.92. The number of fused-ring (bicyclic) bond motifs is 3. The molecule has 0 amide bonds. The zero-order valence-electron chi connectivity index (χ0n) is 13.7. The second-order valence-corrected chi connectivity index (χ2v) is 5.62. The fraction of sp³-hybridized carbons (Fsp3) is 0.0588. The molecule has 0 saturated carbocycles. The van der Waals surface area contributed by atoms with Gasteiger partial charge >= 0.3 is 0 Å². The molecule has 0 aliphatic carbocycles. The fourth-order valence-electron chi connectivity index (χ4n) is 2.61. The molecule has 9 nitrogen and oxygen atoms in total. The average Bonchev–Trinajstić information content (AvgIpc) is 3.04. The van der Waals surface area contributed by atoms with Crippen molar-refractivity contribution in [1.82, 2.24) is 20.2 Å². The van der Waals surface area contributed by atoms with Gasteiger partial charge in [-0.25, -0.2) is 5.43 Å². The molecular formula is C17H13N7O2. The molecule has 4 aromatic rings. The van der Waals surface area contributed by atoms with Crippen LogP contribution in [0.1, 0.15) is 12.5 Å². The highest BCUT2D eigenvalue weighted by molar-refractivity contribution is 6.03. The minimum atomic E-state index is -0.443. The molecule has 4 rings (SSSR count). The molecule has 128 valence electrons. The predicted octanol–water partition coefficient (Wildman–Crippen LogP) is 3.25. The van der Waals surface area contributed by atoms with Crippen molar-refractivity contribution in [2.24, 2.45) is 5.10 Å². The summed E-state index contributed by atoms with van der Waals surface area (Å²) in [6, 6.07) is 14.0. The minimum Gasteiger partial charge on any atom is -0.338 e. The van der Waals surface area contributed by atoms with Crippen molar-refractivity contribution in [2.75, 3.05) is 5.43 Å². The van der Waals surface area contributed by atoms with Gasteiger partial charge in [-0.1, -0.05) is 30.3 Å². The van der Waals surface area contributed by atoms with Gasteiger partial charge in [-0.3, -0.25) is 10.1 Å². The van der Waals surface area contributed by atoms with Crippen LogP contribution in [0.15, 0.2) is 53.6 Å². The van der Waals surface area contributed by atoms with Gasteiger partial charge in [0.25, 0.3) is 11.6 Å². The van der Waals surface area contributed by atoms with Gasteiger partial charge in [0.1, 0.15) is 5.52 Å². The normalized spacial score (nSPS) is 11.8. The SMILES string of the molecule is CC(=NNc1nnc2c(n1)[nH]c1ccccc12)c1cccc([N+](=O)[O-])c1. The van der Waals surface area contributed by atoms with Crippen molar-refractivity contribution in [2.45, 2.75) is 6.92 Å². The quantitative estimate of drug-likeness (QED) is 0.332. The molecule has 0 radical (unpaired) electrons. The number of rotatable bonds is 4. The van der Waals surface area contributed by atoms with Crippen LogP contribution in [0.4, 0.5) is 11.6 Å². The number of aromatic amines is 1. The number of nitrogens with one attached hydrogen (secondary N) is 2. The Bertz CT molecular complexity index is 1170. The average molecular weight is 347 g/mol. The first-order valence-corrected chi connectivity index (χ1v) is 7.78. The van der Waals surface area contributed by atoms with Gasteiger partial charge in [-0.2, -0.15) is 10.1 Å². The van der Waals surface area contributed by atoms with Crippen LogP contribution >= 0.6 is 0 Å². The Balaban J connectivity index is 1.62. The summed E-state index contributed by atoms with van der Waals surface area (Å²) >= 11 is 0. The highest BCUT2D eigenvalue weighted by Crippen LogP contribution is 2.21. The first kappa shape index (κ1) is 15.6. The summed E-state index contributed by atoms with van der Waals surface area (Å²) in [6.45, 7) is 1.74. The molecule has 26 heavy (non-hydrogen) atoms. The molecule has 9 heteroatoms. The van der Waals surface area contributed by atoms with E-state index in [2.05, 4.69) is 30.7 Å². The van der Waals surface area contributed by atoms with Crippen molar-refractivity contribution < 1.29 is 4.92 Å². The number of nitrogens with zero attached hydrogens (tertiary/aromatic N) is 5. The van der Waals surface area contributed by atoms with E-state index in [-0.39, 0.29) is 11.6 Å². The standard InChI is InChI=1S/C17H13N7O2/c1-10(11-5-4-6-12(9-11)24(25)26)20-22-17-19-16-15(21-23-17)13-7-2-3-8-14(13)18-16/h2-9H,1H3,(H2,18,19,22,23). The van der Waals surface area contributed by atoms with Crippen LogP contribution in [0, 0.1) is 10.1 Å². The Hall–Kier alpha value is -3.88. The number of non-ortho nitro benzene ring substituents is 1. The lowest BCUT2D eigenvalue weighted by atomic mass is 10.1. The summed E-state index contributed by atoms with van der Waals surface area (Å²) in [4.78, 5) is 18.0. The number of hydrogen-bond donors (Lipinski definition) is 2. The number of nitro groups is 1. The fourth-order valence-corrected chi connectivity index (χ4v) is 2.61. The van der Waals surface area contributed by atoms with E-state index in [0.717, 1.165) is 10.9 Å². The summed E-state index contributed by atoms with van der Waals surface area (Å²) in [7, 11) is 0. The van der Waals surface area contributed by atoms with Crippen LogP contribution in [0.2, 0.25) is 0 Å². The molecule has 2 N–H and O–H groups in total. The van der Waals surface area contributed by atoms with Gasteiger partial charge in [0.2, 0.25) is 0 Å². The van der Waals surface area contributed by atoms with Gasteiger partial charge < -0.3 is 4.98 Å². The highest BCUT2D eigenvalue weighted by atomic mass is 16.6. The lowest BCUT2D eigenvalue weighted by Crippen LogP contribution is -2.03. The maximum atomic E-state index is 10.9. The van der Waals surface area contributed by atoms with Gasteiger partial charge in [-0.15, -0.1) is 10.2 Å². The maximum absolute atomic E-state index is 10.9. The second kappa shape index (κ2) is 6.20. The number of para-hydroxylation sites is 1. The smallest absolute Gasteiger partial charge is 0.270 e. The third-order valence-corrected chi connectivity index (χ3v) is 3.92. The Kier molecular flexibility index (Phi) is 3.73. The van der Waals surface area contributed by atoms with E-state index < -0.39 is 4.92 Å². The second-order valence-electron chi connectivity index (χ2n) is 5.62. The van der Waals surface area contributed by atoms with Crippen LogP contribution in [0.3, 0.4) is 0 Å². The van der Waals surface area contributed by atoms with Gasteiger partial charge in [0.05, 0.1) is 10.6 Å². The Morgan fingerprint density at radius 3 is 2.88 bits per heavy atom. The molecule has 0 aliphatic heterocycles. The van der Waals surface area contributed by atoms with E-state index >= 15 is 0 Å². The summed E-state index contributed by atoms with van der Waals surface area (Å²) < 4.78 is 0. The molecule has 0 spiro atoms. The summed E-state index contributed by atoms with van der Waals surface area (Å²) in [5.74, 6) is 0.230. The van der Waals surface area contributed by atoms with Crippen LogP contribution in [-0.4, -0.2) is 30.8 Å². The first-order valence-electron chi connectivity index (χ1n) is 7.78. The lowest BCUT2D eigenvalue weighted by molar-refractivity contribution is -0.384. The molecule has 0 unspecified atom stereocenters. The van der Waals surface area contributed by atoms with Crippen molar-refractivity contribution in [1.29, 1.82) is 0 Å². The van der Waals surface area contributed by atoms with E-state index in [1.54, 1.807) is 19.1 Å². The molecular weight excluding hydrogens is 334 g/mol. The van der Waals surface area contributed by atoms with Crippen molar-refractivity contribution in [3.63, 3.8) is 0 Å². The number of anilines is 1. The topological polar surface area (TPSA) is 122 Å². The van der Waals surface area contributed by atoms with E-state index in [1.807, 2.05) is 24.3 Å². The minimum absolute atomic E-state index is 0.00876. The number of benzene rings is 2. The van der Waals surface area contributed by atoms with E-state index in [1.165, 1.54) is 12.1 Å². The number of nitro benzene ring substituents is 1. The molecule has 2 heterocycles. The summed E-state index contributed by atoms with van der Waals surface area (Å²) in [5, 5.41) is 24.2. The molecule has 0 saturated heterocycles. The Morgan fingerprint density at radius 1 is 1.19 bits per heavy atom. The molecule has 0 bridgehead atoms. The summed E-state index contributed by atoms with van der Waals surface area (Å²) in [6.07, 6.45) is 0. The van der Waals surface area contributed by atoms with Crippen LogP contribution < -0.4 is 5.43 Å². The van der Waals surface area contributed by atoms with Crippen molar-refractivity contribution in [3.05, 3.63) is 64.2 Å². The predicted molar refractivity (Wildman–Crippen MR) is 98.1 cm³/mol. The van der Waals surface area contributed by atoms with Gasteiger partial charge in [0, 0.05) is 28.6 Å². The zero-order chi connectivity index (χ0) is 18.1.